The summed E-state index contributed by atoms with van der Waals surface area (Å²) in [6.07, 6.45) is 6.62. The summed E-state index contributed by atoms with van der Waals surface area (Å²) in [6, 6.07) is 2.60. The van der Waals surface area contributed by atoms with Crippen LogP contribution >= 0.6 is 11.6 Å². The summed E-state index contributed by atoms with van der Waals surface area (Å²) in [4.78, 5) is 0. The van der Waals surface area contributed by atoms with E-state index >= 15 is 0 Å². The van der Waals surface area contributed by atoms with Gasteiger partial charge in [-0.1, -0.05) is 24.9 Å². The first-order valence-electron chi connectivity index (χ1n) is 7.07. The predicted octanol–water partition coefficient (Wildman–Crippen LogP) is 3.29. The van der Waals surface area contributed by atoms with Gasteiger partial charge in [-0.25, -0.2) is 0 Å². The average Bonchev–Trinajstić information content (AvgIpc) is 2.97. The molecule has 1 N–H and O–H groups in total. The van der Waals surface area contributed by atoms with Gasteiger partial charge in [-0.2, -0.15) is 5.10 Å². The molecule has 0 aliphatic rings. The van der Waals surface area contributed by atoms with Crippen LogP contribution in [0, 0.1) is 6.92 Å². The third-order valence-corrected chi connectivity index (χ3v) is 4.18. The van der Waals surface area contributed by atoms with Gasteiger partial charge in [0, 0.05) is 31.0 Å². The van der Waals surface area contributed by atoms with E-state index in [1.54, 1.807) is 4.68 Å². The van der Waals surface area contributed by atoms with Gasteiger partial charge in [0.1, 0.15) is 5.15 Å². The lowest BCUT2D eigenvalue weighted by Crippen LogP contribution is -2.15. The number of hydrogen-bond acceptors (Lipinski definition) is 2. The van der Waals surface area contributed by atoms with Crippen LogP contribution in [0.4, 0.5) is 0 Å². The zero-order valence-corrected chi connectivity index (χ0v) is 13.4. The lowest BCUT2D eigenvalue weighted by atomic mass is 10.1. The van der Waals surface area contributed by atoms with Crippen molar-refractivity contribution in [3.8, 4) is 0 Å². The Hall–Kier alpha value is -1.26. The van der Waals surface area contributed by atoms with E-state index in [2.05, 4.69) is 40.4 Å². The van der Waals surface area contributed by atoms with E-state index in [0.29, 0.717) is 6.04 Å². The highest BCUT2D eigenvalue weighted by molar-refractivity contribution is 6.30. The Balaban J connectivity index is 2.17. The molecule has 2 heterocycles. The second-order valence-corrected chi connectivity index (χ2v) is 5.58. The van der Waals surface area contributed by atoms with Crippen LogP contribution in [-0.4, -0.2) is 21.4 Å². The molecule has 1 unspecified atom stereocenters. The number of aryl methyl sites for hydroxylation is 2. The lowest BCUT2D eigenvalue weighted by molar-refractivity contribution is 0.540. The number of aromatic nitrogens is 3. The minimum atomic E-state index is 0.423. The van der Waals surface area contributed by atoms with Gasteiger partial charge < -0.3 is 9.88 Å². The summed E-state index contributed by atoms with van der Waals surface area (Å²) in [5.41, 5.74) is 3.41. The summed E-state index contributed by atoms with van der Waals surface area (Å²) in [7, 11) is 3.89. The van der Waals surface area contributed by atoms with Gasteiger partial charge in [0.05, 0.1) is 12.2 Å². The zero-order valence-electron chi connectivity index (χ0n) is 12.7. The molecule has 0 aliphatic heterocycles. The molecule has 110 valence electrons. The minimum Gasteiger partial charge on any atom is -0.349 e. The lowest BCUT2D eigenvalue weighted by Gasteiger charge is -2.13. The Kier molecular flexibility index (Phi) is 4.89. The molecule has 0 saturated carbocycles. The van der Waals surface area contributed by atoms with E-state index in [1.165, 1.54) is 12.0 Å². The van der Waals surface area contributed by atoms with Crippen molar-refractivity contribution in [2.75, 3.05) is 7.05 Å². The number of nitrogens with one attached hydrogen (secondary N) is 1. The molecule has 4 nitrogen and oxygen atoms in total. The molecule has 0 bridgehead atoms. The third-order valence-electron chi connectivity index (χ3n) is 3.71. The van der Waals surface area contributed by atoms with E-state index in [9.17, 15) is 0 Å². The third kappa shape index (κ3) is 3.07. The standard InChI is InChI=1S/C15H23ClN4/c1-5-6-14(17-3)12-7-8-20(9-12)10-13-11(2)18-19(4)15(13)16/h7-9,14,17H,5-6,10H2,1-4H3. The van der Waals surface area contributed by atoms with Crippen LogP contribution in [0.3, 0.4) is 0 Å². The second kappa shape index (κ2) is 6.46. The fraction of sp³-hybridized carbons (Fsp3) is 0.533. The van der Waals surface area contributed by atoms with Gasteiger partial charge in [-0.3, -0.25) is 4.68 Å². The fourth-order valence-electron chi connectivity index (χ4n) is 2.57. The van der Waals surface area contributed by atoms with Crippen molar-refractivity contribution in [2.45, 2.75) is 39.3 Å². The van der Waals surface area contributed by atoms with E-state index in [0.717, 1.165) is 29.4 Å². The molecule has 0 aromatic carbocycles. The van der Waals surface area contributed by atoms with Crippen molar-refractivity contribution < 1.29 is 0 Å². The Labute approximate surface area is 125 Å². The Morgan fingerprint density at radius 3 is 2.75 bits per heavy atom. The van der Waals surface area contributed by atoms with Crippen LogP contribution in [-0.2, 0) is 13.6 Å². The van der Waals surface area contributed by atoms with Gasteiger partial charge in [0.15, 0.2) is 0 Å². The number of rotatable bonds is 6. The molecular weight excluding hydrogens is 272 g/mol. The van der Waals surface area contributed by atoms with Gasteiger partial charge in [-0.15, -0.1) is 0 Å². The maximum Gasteiger partial charge on any atom is 0.131 e. The van der Waals surface area contributed by atoms with Crippen molar-refractivity contribution in [3.63, 3.8) is 0 Å². The highest BCUT2D eigenvalue weighted by Gasteiger charge is 2.13. The smallest absolute Gasteiger partial charge is 0.131 e. The van der Waals surface area contributed by atoms with Crippen LogP contribution in [0.15, 0.2) is 18.5 Å². The van der Waals surface area contributed by atoms with Crippen LogP contribution in [0.1, 0.15) is 42.6 Å². The second-order valence-electron chi connectivity index (χ2n) is 5.23. The van der Waals surface area contributed by atoms with Crippen LogP contribution in [0.2, 0.25) is 5.15 Å². The summed E-state index contributed by atoms with van der Waals surface area (Å²) in [5, 5.41) is 8.44. The maximum absolute atomic E-state index is 6.29. The highest BCUT2D eigenvalue weighted by Crippen LogP contribution is 2.22. The van der Waals surface area contributed by atoms with E-state index in [4.69, 9.17) is 11.6 Å². The van der Waals surface area contributed by atoms with Crippen LogP contribution < -0.4 is 5.32 Å². The SMILES string of the molecule is CCCC(NC)c1ccn(Cc2c(C)nn(C)c2Cl)c1. The highest BCUT2D eigenvalue weighted by atomic mass is 35.5. The first-order chi connectivity index (χ1) is 9.56. The van der Waals surface area contributed by atoms with E-state index < -0.39 is 0 Å². The van der Waals surface area contributed by atoms with Crippen LogP contribution in [0.25, 0.3) is 0 Å². The molecule has 2 rings (SSSR count). The number of nitrogens with zero attached hydrogens (tertiary/aromatic N) is 3. The minimum absolute atomic E-state index is 0.423. The van der Waals surface area contributed by atoms with Gasteiger partial charge in [0.25, 0.3) is 0 Å². The normalized spacial score (nSPS) is 12.8. The van der Waals surface area contributed by atoms with Gasteiger partial charge in [-0.05, 0) is 32.0 Å². The summed E-state index contributed by atoms with van der Waals surface area (Å²) < 4.78 is 3.90. The maximum atomic E-state index is 6.29. The van der Waals surface area contributed by atoms with E-state index in [-0.39, 0.29) is 0 Å². The molecule has 20 heavy (non-hydrogen) atoms. The fourth-order valence-corrected chi connectivity index (χ4v) is 2.80. The number of halogens is 1. The van der Waals surface area contributed by atoms with E-state index in [1.807, 2.05) is 21.0 Å². The monoisotopic (exact) mass is 294 g/mol. The largest absolute Gasteiger partial charge is 0.349 e. The van der Waals surface area contributed by atoms with Gasteiger partial charge in [0.2, 0.25) is 0 Å². The summed E-state index contributed by atoms with van der Waals surface area (Å²) in [6.45, 7) is 4.97. The Morgan fingerprint density at radius 2 is 2.20 bits per heavy atom. The molecule has 5 heteroatoms. The zero-order chi connectivity index (χ0) is 14.7. The molecule has 0 amide bonds. The Morgan fingerprint density at radius 1 is 1.45 bits per heavy atom. The van der Waals surface area contributed by atoms with Crippen molar-refractivity contribution >= 4 is 11.6 Å². The van der Waals surface area contributed by atoms with Crippen molar-refractivity contribution in [2.24, 2.45) is 7.05 Å². The predicted molar refractivity (Wildman–Crippen MR) is 83.2 cm³/mol. The first kappa shape index (κ1) is 15.1. The van der Waals surface area contributed by atoms with Gasteiger partial charge >= 0.3 is 0 Å². The molecule has 0 aliphatic carbocycles. The Bertz CT molecular complexity index is 570. The average molecular weight is 295 g/mol. The quantitative estimate of drug-likeness (QED) is 0.887. The molecule has 2 aromatic heterocycles. The molecule has 1 atom stereocenters. The van der Waals surface area contributed by atoms with Crippen molar-refractivity contribution in [3.05, 3.63) is 40.4 Å². The molecule has 0 saturated heterocycles. The first-order valence-corrected chi connectivity index (χ1v) is 7.45. The topological polar surface area (TPSA) is 34.8 Å². The van der Waals surface area contributed by atoms with Crippen molar-refractivity contribution in [1.82, 2.24) is 19.7 Å². The van der Waals surface area contributed by atoms with Crippen molar-refractivity contribution in [1.29, 1.82) is 0 Å². The van der Waals surface area contributed by atoms with Crippen LogP contribution in [0.5, 0.6) is 0 Å². The molecule has 0 spiro atoms. The number of hydrogen-bond donors (Lipinski definition) is 1. The molecule has 2 aromatic rings. The summed E-state index contributed by atoms with van der Waals surface area (Å²) in [5.74, 6) is 0. The summed E-state index contributed by atoms with van der Waals surface area (Å²) >= 11 is 6.29. The molecule has 0 radical (unpaired) electrons. The molecule has 0 fully saturated rings. The molecular formula is C15H23ClN4.